The summed E-state index contributed by atoms with van der Waals surface area (Å²) >= 11 is 0. The average Bonchev–Trinajstić information content (AvgIpc) is 2.35. The van der Waals surface area contributed by atoms with E-state index in [1.807, 2.05) is 32.0 Å². The zero-order valence-electron chi connectivity index (χ0n) is 10.9. The number of nitrogens with one attached hydrogen (secondary N) is 1. The summed E-state index contributed by atoms with van der Waals surface area (Å²) in [5, 5.41) is 3.05. The Morgan fingerprint density at radius 2 is 1.74 bits per heavy atom. The minimum Gasteiger partial charge on any atom is -0.399 e. The van der Waals surface area contributed by atoms with E-state index in [1.54, 1.807) is 12.1 Å². The Labute approximate surface area is 111 Å². The van der Waals surface area contributed by atoms with Crippen LogP contribution in [0.4, 0.5) is 25.8 Å². The highest BCUT2D eigenvalue weighted by atomic mass is 19.3. The van der Waals surface area contributed by atoms with Gasteiger partial charge >= 0.3 is 0 Å². The van der Waals surface area contributed by atoms with Crippen LogP contribution in [0.5, 0.6) is 0 Å². The molecule has 2 aromatic carbocycles. The van der Waals surface area contributed by atoms with Crippen LogP contribution in [0.1, 0.15) is 23.1 Å². The lowest BCUT2D eigenvalue weighted by molar-refractivity contribution is 0.152. The number of hydrogen-bond acceptors (Lipinski definition) is 2. The number of hydrogen-bond donors (Lipinski definition) is 2. The van der Waals surface area contributed by atoms with Crippen molar-refractivity contribution in [1.82, 2.24) is 0 Å². The van der Waals surface area contributed by atoms with Gasteiger partial charge in [0.2, 0.25) is 0 Å². The number of nitrogen functional groups attached to an aromatic ring is 1. The monoisotopic (exact) mass is 262 g/mol. The van der Waals surface area contributed by atoms with E-state index >= 15 is 0 Å². The first kappa shape index (κ1) is 13.3. The summed E-state index contributed by atoms with van der Waals surface area (Å²) in [5.74, 6) is 0. The van der Waals surface area contributed by atoms with Crippen molar-refractivity contribution in [2.24, 2.45) is 0 Å². The van der Waals surface area contributed by atoms with Gasteiger partial charge < -0.3 is 11.1 Å². The quantitative estimate of drug-likeness (QED) is 0.795. The van der Waals surface area contributed by atoms with Crippen molar-refractivity contribution in [3.63, 3.8) is 0 Å². The van der Waals surface area contributed by atoms with Crippen molar-refractivity contribution in [2.45, 2.75) is 20.3 Å². The lowest BCUT2D eigenvalue weighted by Crippen LogP contribution is -2.00. The summed E-state index contributed by atoms with van der Waals surface area (Å²) in [6.07, 6.45) is -2.56. The van der Waals surface area contributed by atoms with Gasteiger partial charge in [0.25, 0.3) is 6.43 Å². The molecule has 19 heavy (non-hydrogen) atoms. The van der Waals surface area contributed by atoms with Gasteiger partial charge in [0.1, 0.15) is 0 Å². The average molecular weight is 262 g/mol. The van der Waals surface area contributed by atoms with E-state index in [9.17, 15) is 8.78 Å². The van der Waals surface area contributed by atoms with Gasteiger partial charge in [0.15, 0.2) is 0 Å². The molecular formula is C15H16F2N2. The summed E-state index contributed by atoms with van der Waals surface area (Å²) in [7, 11) is 0. The number of aryl methyl sites for hydroxylation is 2. The van der Waals surface area contributed by atoms with E-state index in [4.69, 9.17) is 5.73 Å². The first-order valence-corrected chi connectivity index (χ1v) is 5.99. The standard InChI is InChI=1S/C15H16F2N2/c1-9-3-4-10(2)14(7-9)19-13-6-5-11(18)8-12(13)15(16)17/h3-8,15,19H,18H2,1-2H3. The first-order chi connectivity index (χ1) is 8.97. The molecule has 0 fully saturated rings. The van der Waals surface area contributed by atoms with Crippen molar-refractivity contribution in [1.29, 1.82) is 0 Å². The van der Waals surface area contributed by atoms with Gasteiger partial charge in [-0.1, -0.05) is 12.1 Å². The lowest BCUT2D eigenvalue weighted by atomic mass is 10.1. The molecule has 0 unspecified atom stereocenters. The molecule has 0 bridgehead atoms. The molecule has 0 amide bonds. The largest absolute Gasteiger partial charge is 0.399 e. The number of anilines is 3. The van der Waals surface area contributed by atoms with Gasteiger partial charge in [-0.15, -0.1) is 0 Å². The third kappa shape index (κ3) is 3.02. The molecule has 0 aromatic heterocycles. The molecule has 3 N–H and O–H groups in total. The SMILES string of the molecule is Cc1ccc(C)c(Nc2ccc(N)cc2C(F)F)c1. The predicted molar refractivity (Wildman–Crippen MR) is 75.0 cm³/mol. The molecule has 0 aliphatic carbocycles. The molecular weight excluding hydrogens is 246 g/mol. The van der Waals surface area contributed by atoms with Gasteiger partial charge in [-0.25, -0.2) is 8.78 Å². The van der Waals surface area contributed by atoms with Crippen LogP contribution >= 0.6 is 0 Å². The van der Waals surface area contributed by atoms with E-state index in [1.165, 1.54) is 6.07 Å². The molecule has 2 aromatic rings. The Morgan fingerprint density at radius 1 is 1.00 bits per heavy atom. The topological polar surface area (TPSA) is 38.0 Å². The van der Waals surface area contributed by atoms with Crippen molar-refractivity contribution in [3.05, 3.63) is 53.1 Å². The molecule has 2 rings (SSSR count). The van der Waals surface area contributed by atoms with Gasteiger partial charge in [0, 0.05) is 22.6 Å². The highest BCUT2D eigenvalue weighted by Crippen LogP contribution is 2.32. The number of nitrogens with two attached hydrogens (primary N) is 1. The molecule has 100 valence electrons. The van der Waals surface area contributed by atoms with Crippen molar-refractivity contribution in [2.75, 3.05) is 11.1 Å². The van der Waals surface area contributed by atoms with Gasteiger partial charge in [-0.05, 0) is 49.2 Å². The minimum absolute atomic E-state index is 0.0825. The van der Waals surface area contributed by atoms with Crippen LogP contribution in [0.15, 0.2) is 36.4 Å². The number of rotatable bonds is 3. The van der Waals surface area contributed by atoms with Crippen molar-refractivity contribution in [3.8, 4) is 0 Å². The molecule has 0 heterocycles. The molecule has 0 radical (unpaired) electrons. The van der Waals surface area contributed by atoms with Crippen LogP contribution in [0, 0.1) is 13.8 Å². The molecule has 0 spiro atoms. The van der Waals surface area contributed by atoms with Gasteiger partial charge in [-0.2, -0.15) is 0 Å². The van der Waals surface area contributed by atoms with Crippen molar-refractivity contribution >= 4 is 17.1 Å². The Hall–Kier alpha value is -2.10. The van der Waals surface area contributed by atoms with E-state index in [0.717, 1.165) is 16.8 Å². The maximum absolute atomic E-state index is 13.0. The summed E-state index contributed by atoms with van der Waals surface area (Å²) in [6.45, 7) is 3.89. The van der Waals surface area contributed by atoms with E-state index in [-0.39, 0.29) is 5.56 Å². The van der Waals surface area contributed by atoms with Gasteiger partial charge in [-0.3, -0.25) is 0 Å². The third-order valence-electron chi connectivity index (χ3n) is 2.97. The second-order valence-electron chi connectivity index (χ2n) is 4.59. The minimum atomic E-state index is -2.56. The first-order valence-electron chi connectivity index (χ1n) is 5.99. The van der Waals surface area contributed by atoms with Crippen LogP contribution in [-0.2, 0) is 0 Å². The van der Waals surface area contributed by atoms with Crippen LogP contribution in [0.25, 0.3) is 0 Å². The number of benzene rings is 2. The smallest absolute Gasteiger partial charge is 0.265 e. The van der Waals surface area contributed by atoms with E-state index in [2.05, 4.69) is 5.32 Å². The number of alkyl halides is 2. The summed E-state index contributed by atoms with van der Waals surface area (Å²) in [5.41, 5.74) is 9.09. The van der Waals surface area contributed by atoms with Crippen LogP contribution < -0.4 is 11.1 Å². The second kappa shape index (κ2) is 5.26. The Morgan fingerprint density at radius 3 is 2.42 bits per heavy atom. The van der Waals surface area contributed by atoms with Crippen LogP contribution in [0.3, 0.4) is 0 Å². The molecule has 0 saturated carbocycles. The summed E-state index contributed by atoms with van der Waals surface area (Å²) in [4.78, 5) is 0. The molecule has 0 aliphatic heterocycles. The zero-order valence-corrected chi connectivity index (χ0v) is 10.9. The maximum atomic E-state index is 13.0. The Kier molecular flexibility index (Phi) is 3.69. The molecule has 0 saturated heterocycles. The molecule has 4 heteroatoms. The molecule has 0 aliphatic rings. The van der Waals surface area contributed by atoms with Crippen LogP contribution in [-0.4, -0.2) is 0 Å². The highest BCUT2D eigenvalue weighted by Gasteiger charge is 2.14. The molecule has 2 nitrogen and oxygen atoms in total. The Bertz CT molecular complexity index is 595. The fraction of sp³-hybridized carbons (Fsp3) is 0.200. The summed E-state index contributed by atoms with van der Waals surface area (Å²) < 4.78 is 26.0. The summed E-state index contributed by atoms with van der Waals surface area (Å²) in [6, 6.07) is 10.4. The van der Waals surface area contributed by atoms with E-state index < -0.39 is 6.43 Å². The van der Waals surface area contributed by atoms with Crippen LogP contribution in [0.2, 0.25) is 0 Å². The highest BCUT2D eigenvalue weighted by molar-refractivity contribution is 5.68. The fourth-order valence-electron chi connectivity index (χ4n) is 1.89. The lowest BCUT2D eigenvalue weighted by Gasteiger charge is -2.14. The zero-order chi connectivity index (χ0) is 14.0. The number of halogens is 2. The maximum Gasteiger partial charge on any atom is 0.265 e. The third-order valence-corrected chi connectivity index (χ3v) is 2.97. The van der Waals surface area contributed by atoms with Gasteiger partial charge in [0.05, 0.1) is 0 Å². The normalized spacial score (nSPS) is 10.8. The molecule has 0 atom stereocenters. The van der Waals surface area contributed by atoms with E-state index in [0.29, 0.717) is 11.4 Å². The fourth-order valence-corrected chi connectivity index (χ4v) is 1.89. The predicted octanol–water partition coefficient (Wildman–Crippen LogP) is 4.57. The Balaban J connectivity index is 2.40. The van der Waals surface area contributed by atoms with Crippen molar-refractivity contribution < 1.29 is 8.78 Å². The second-order valence-corrected chi connectivity index (χ2v) is 4.59.